The molecule has 2 atom stereocenters. The van der Waals surface area contributed by atoms with E-state index in [2.05, 4.69) is 94.6 Å². The molecular weight excluding hydrogens is 556 g/mol. The van der Waals surface area contributed by atoms with Crippen molar-refractivity contribution in [3.8, 4) is 0 Å². The molecule has 0 amide bonds. The van der Waals surface area contributed by atoms with Crippen LogP contribution in [0.2, 0.25) is 0 Å². The molecular formula is C33H60N8O3. The van der Waals surface area contributed by atoms with Crippen molar-refractivity contribution in [1.82, 2.24) is 24.8 Å². The zero-order valence-electron chi connectivity index (χ0n) is 29.2. The number of nitrogens with one attached hydrogen (secondary N) is 1. The van der Waals surface area contributed by atoms with Crippen molar-refractivity contribution in [2.75, 3.05) is 55.7 Å². The van der Waals surface area contributed by atoms with Crippen molar-refractivity contribution in [2.24, 2.45) is 0 Å². The van der Waals surface area contributed by atoms with Crippen LogP contribution in [0.4, 0.5) is 17.8 Å². The molecule has 11 heteroatoms. The maximum absolute atomic E-state index is 10.2. The van der Waals surface area contributed by atoms with Crippen LogP contribution in [0.1, 0.15) is 107 Å². The van der Waals surface area contributed by atoms with E-state index in [0.717, 1.165) is 77.7 Å². The molecule has 5 rings (SSSR count). The Labute approximate surface area is 266 Å². The van der Waals surface area contributed by atoms with Crippen LogP contribution in [0, 0.1) is 0 Å². The highest BCUT2D eigenvalue weighted by Crippen LogP contribution is 2.42. The smallest absolute Gasteiger partial charge is 0.253 e. The standard InChI is InChI=1S/C33H60N8O3/c1-30(2)17-23(18-31(3,4)38(30)9)40(21-25-13-11-15-43-25)28-34-27(37-42)35-29(36-28)41(22-26-14-12-16-44-26)24-19-32(5,6)39(10)33(7,8)20-24/h23-26,42H,11-22H2,1-10H3,(H,34,35,36,37). The minimum Gasteiger partial charge on any atom is -0.376 e. The van der Waals surface area contributed by atoms with E-state index in [4.69, 9.17) is 24.4 Å². The molecule has 1 aromatic heterocycles. The van der Waals surface area contributed by atoms with Gasteiger partial charge >= 0.3 is 0 Å². The van der Waals surface area contributed by atoms with Crippen LogP contribution in [0.3, 0.4) is 0 Å². The second-order valence-corrected chi connectivity index (χ2v) is 16.4. The molecule has 0 bridgehead atoms. The first-order valence-corrected chi connectivity index (χ1v) is 16.9. The Morgan fingerprint density at radius 2 is 1.05 bits per heavy atom. The quantitative estimate of drug-likeness (QED) is 0.369. The van der Waals surface area contributed by atoms with Gasteiger partial charge in [-0.3, -0.25) is 15.0 Å². The predicted molar refractivity (Wildman–Crippen MR) is 176 cm³/mol. The summed E-state index contributed by atoms with van der Waals surface area (Å²) in [6, 6.07) is 0.407. The Kier molecular flexibility index (Phi) is 9.48. The molecule has 0 saturated carbocycles. The van der Waals surface area contributed by atoms with Gasteiger partial charge in [-0.25, -0.2) is 5.48 Å². The molecule has 0 radical (unpaired) electrons. The van der Waals surface area contributed by atoms with Crippen LogP contribution in [0.5, 0.6) is 0 Å². The number of nitrogens with zero attached hydrogens (tertiary/aromatic N) is 7. The minimum absolute atomic E-state index is 0.00768. The van der Waals surface area contributed by atoms with Gasteiger partial charge in [0.25, 0.3) is 5.95 Å². The largest absolute Gasteiger partial charge is 0.376 e. The van der Waals surface area contributed by atoms with E-state index in [9.17, 15) is 5.21 Å². The van der Waals surface area contributed by atoms with Gasteiger partial charge in [0.2, 0.25) is 11.9 Å². The van der Waals surface area contributed by atoms with Gasteiger partial charge in [-0.1, -0.05) is 0 Å². The molecule has 0 aromatic carbocycles. The van der Waals surface area contributed by atoms with Gasteiger partial charge in [-0.2, -0.15) is 15.0 Å². The van der Waals surface area contributed by atoms with Crippen LogP contribution < -0.4 is 15.3 Å². The second kappa shape index (κ2) is 12.4. The molecule has 2 N–H and O–H groups in total. The highest BCUT2D eigenvalue weighted by Gasteiger charge is 2.48. The number of ether oxygens (including phenoxy) is 2. The van der Waals surface area contributed by atoms with Crippen molar-refractivity contribution in [2.45, 2.75) is 153 Å². The second-order valence-electron chi connectivity index (χ2n) is 16.4. The molecule has 250 valence electrons. The van der Waals surface area contributed by atoms with Crippen LogP contribution in [-0.2, 0) is 9.47 Å². The fraction of sp³-hybridized carbons (Fsp3) is 0.909. The van der Waals surface area contributed by atoms with Crippen molar-refractivity contribution >= 4 is 17.8 Å². The van der Waals surface area contributed by atoms with Gasteiger partial charge in [-0.15, -0.1) is 0 Å². The molecule has 0 spiro atoms. The minimum atomic E-state index is -0.00768. The lowest BCUT2D eigenvalue weighted by Gasteiger charge is -2.56. The monoisotopic (exact) mass is 616 g/mol. The maximum Gasteiger partial charge on any atom is 0.253 e. The third-order valence-corrected chi connectivity index (χ3v) is 11.5. The van der Waals surface area contributed by atoms with Crippen molar-refractivity contribution in [3.05, 3.63) is 0 Å². The molecule has 4 aliphatic heterocycles. The number of hydrogen-bond acceptors (Lipinski definition) is 11. The molecule has 4 aliphatic rings. The Hall–Kier alpha value is -1.79. The first-order valence-electron chi connectivity index (χ1n) is 16.9. The first-order chi connectivity index (χ1) is 20.5. The van der Waals surface area contributed by atoms with E-state index in [1.807, 2.05) is 0 Å². The van der Waals surface area contributed by atoms with Crippen molar-refractivity contribution in [3.63, 3.8) is 0 Å². The number of hydrogen-bond donors (Lipinski definition) is 2. The van der Waals surface area contributed by atoms with E-state index in [0.29, 0.717) is 11.9 Å². The Balaban J connectivity index is 1.57. The van der Waals surface area contributed by atoms with Crippen molar-refractivity contribution < 1.29 is 14.7 Å². The molecule has 0 aliphatic carbocycles. The van der Waals surface area contributed by atoms with Crippen LogP contribution in [0.25, 0.3) is 0 Å². The summed E-state index contributed by atoms with van der Waals surface area (Å²) in [7, 11) is 4.48. The van der Waals surface area contributed by atoms with Gasteiger partial charge in [0.15, 0.2) is 0 Å². The molecule has 4 saturated heterocycles. The SMILES string of the molecule is CN1C(C)(C)CC(N(CC2CCCO2)c2nc(NO)nc(N(CC3CCCO3)C3CC(C)(C)N(C)C(C)(C)C3)n2)CC1(C)C. The fourth-order valence-corrected chi connectivity index (χ4v) is 8.54. The molecule has 44 heavy (non-hydrogen) atoms. The summed E-state index contributed by atoms with van der Waals surface area (Å²) in [4.78, 5) is 24.7. The molecule has 5 heterocycles. The zero-order valence-corrected chi connectivity index (χ0v) is 29.2. The summed E-state index contributed by atoms with van der Waals surface area (Å²) < 4.78 is 12.3. The number of likely N-dealkylation sites (tertiary alicyclic amines) is 2. The molecule has 11 nitrogen and oxygen atoms in total. The highest BCUT2D eigenvalue weighted by molar-refractivity contribution is 5.47. The summed E-state index contributed by atoms with van der Waals surface area (Å²) in [5.74, 6) is 1.39. The lowest BCUT2D eigenvalue weighted by molar-refractivity contribution is -0.0147. The fourth-order valence-electron chi connectivity index (χ4n) is 8.54. The number of anilines is 3. The van der Waals surface area contributed by atoms with Gasteiger partial charge in [0, 0.05) is 60.5 Å². The average Bonchev–Trinajstić information content (AvgIpc) is 3.65. The van der Waals surface area contributed by atoms with E-state index in [1.54, 1.807) is 0 Å². The number of aromatic nitrogens is 3. The molecule has 4 fully saturated rings. The van der Waals surface area contributed by atoms with E-state index in [-0.39, 0.29) is 52.4 Å². The van der Waals surface area contributed by atoms with Gasteiger partial charge in [-0.05, 0) is 121 Å². The third kappa shape index (κ3) is 6.97. The summed E-state index contributed by atoms with van der Waals surface area (Å²) >= 11 is 0. The molecule has 2 unspecified atom stereocenters. The van der Waals surface area contributed by atoms with Crippen LogP contribution >= 0.6 is 0 Å². The van der Waals surface area contributed by atoms with Gasteiger partial charge in [0.05, 0.1) is 12.2 Å². The Bertz CT molecular complexity index is 1010. The maximum atomic E-state index is 10.2. The van der Waals surface area contributed by atoms with Crippen molar-refractivity contribution in [1.29, 1.82) is 0 Å². The third-order valence-electron chi connectivity index (χ3n) is 11.5. The predicted octanol–water partition coefficient (Wildman–Crippen LogP) is 4.95. The van der Waals surface area contributed by atoms with Gasteiger partial charge < -0.3 is 19.3 Å². The lowest BCUT2D eigenvalue weighted by Crippen LogP contribution is -2.63. The summed E-state index contributed by atoms with van der Waals surface area (Å²) in [5, 5.41) is 10.2. The zero-order chi connectivity index (χ0) is 32.1. The van der Waals surface area contributed by atoms with E-state index >= 15 is 0 Å². The summed E-state index contributed by atoms with van der Waals surface area (Å²) in [5.41, 5.74) is 2.26. The van der Waals surface area contributed by atoms with Crippen LogP contribution in [0.15, 0.2) is 0 Å². The Morgan fingerprint density at radius 1 is 0.682 bits per heavy atom. The lowest BCUT2D eigenvalue weighted by atomic mass is 9.77. The summed E-state index contributed by atoms with van der Waals surface area (Å²) in [6.45, 7) is 21.7. The average molecular weight is 617 g/mol. The van der Waals surface area contributed by atoms with Crippen LogP contribution in [-0.4, -0.2) is 117 Å². The van der Waals surface area contributed by atoms with Gasteiger partial charge in [0.1, 0.15) is 0 Å². The summed E-state index contributed by atoms with van der Waals surface area (Å²) in [6.07, 6.45) is 8.36. The van der Waals surface area contributed by atoms with E-state index in [1.165, 1.54) is 0 Å². The number of rotatable bonds is 9. The van der Waals surface area contributed by atoms with E-state index < -0.39 is 0 Å². The normalized spacial score (nSPS) is 29.2. The Morgan fingerprint density at radius 3 is 1.34 bits per heavy atom. The highest BCUT2D eigenvalue weighted by atomic mass is 16.5. The first kappa shape index (κ1) is 33.6. The molecule has 1 aromatic rings. The number of piperidine rings is 2. The topological polar surface area (TPSA) is 102 Å².